The first-order valence-electron chi connectivity index (χ1n) is 6.98. The number of benzene rings is 2. The lowest BCUT2D eigenvalue weighted by molar-refractivity contribution is -0.120. The van der Waals surface area contributed by atoms with Crippen molar-refractivity contribution in [1.82, 2.24) is 10.7 Å². The molecule has 0 radical (unpaired) electrons. The number of nitrogens with zero attached hydrogens (tertiary/aromatic N) is 1. The molecule has 0 bridgehead atoms. The molecule has 118 valence electrons. The van der Waals surface area contributed by atoms with Crippen LogP contribution in [0, 0.1) is 0 Å². The third kappa shape index (κ3) is 5.34. The van der Waals surface area contributed by atoms with E-state index >= 15 is 0 Å². The Bertz CT molecular complexity index is 712. The van der Waals surface area contributed by atoms with Crippen LogP contribution in [-0.4, -0.2) is 24.1 Å². The van der Waals surface area contributed by atoms with Gasteiger partial charge in [-0.2, -0.15) is 5.10 Å². The fourth-order valence-corrected chi connectivity index (χ4v) is 2.06. The van der Waals surface area contributed by atoms with Gasteiger partial charge in [0.2, 0.25) is 0 Å². The largest absolute Gasteiger partial charge is 0.343 e. The predicted octanol–water partition coefficient (Wildman–Crippen LogP) is 2.72. The summed E-state index contributed by atoms with van der Waals surface area (Å²) >= 11 is 3.36. The van der Waals surface area contributed by atoms with Crippen molar-refractivity contribution in [3.8, 4) is 0 Å². The Balaban J connectivity index is 1.84. The molecule has 2 amide bonds. The highest BCUT2D eigenvalue weighted by Crippen LogP contribution is 2.10. The molecule has 2 N–H and O–H groups in total. The summed E-state index contributed by atoms with van der Waals surface area (Å²) in [7, 11) is 0. The third-order valence-electron chi connectivity index (χ3n) is 3.06. The van der Waals surface area contributed by atoms with Gasteiger partial charge in [-0.05, 0) is 36.8 Å². The molecule has 0 fully saturated rings. The van der Waals surface area contributed by atoms with Crippen molar-refractivity contribution in [1.29, 1.82) is 0 Å². The second kappa shape index (κ2) is 8.24. The summed E-state index contributed by atoms with van der Waals surface area (Å²) in [4.78, 5) is 23.5. The molecule has 0 aliphatic heterocycles. The van der Waals surface area contributed by atoms with Gasteiger partial charge in [-0.25, -0.2) is 5.43 Å². The number of nitrogens with one attached hydrogen (secondary N) is 2. The van der Waals surface area contributed by atoms with Crippen LogP contribution >= 0.6 is 15.9 Å². The minimum Gasteiger partial charge on any atom is -0.343 e. The zero-order valence-corrected chi connectivity index (χ0v) is 14.1. The van der Waals surface area contributed by atoms with Crippen LogP contribution in [0.4, 0.5) is 0 Å². The molecule has 0 unspecified atom stereocenters. The molecule has 0 atom stereocenters. The van der Waals surface area contributed by atoms with Crippen molar-refractivity contribution < 1.29 is 9.59 Å². The molecule has 5 nitrogen and oxygen atoms in total. The van der Waals surface area contributed by atoms with E-state index in [2.05, 4.69) is 31.8 Å². The van der Waals surface area contributed by atoms with E-state index in [0.717, 1.165) is 10.0 Å². The maximum Gasteiger partial charge on any atom is 0.259 e. The lowest BCUT2D eigenvalue weighted by Crippen LogP contribution is -2.35. The van der Waals surface area contributed by atoms with E-state index in [9.17, 15) is 9.59 Å². The van der Waals surface area contributed by atoms with Gasteiger partial charge in [-0.1, -0.05) is 46.3 Å². The van der Waals surface area contributed by atoms with Gasteiger partial charge < -0.3 is 5.32 Å². The molecule has 0 aliphatic carbocycles. The van der Waals surface area contributed by atoms with Crippen LogP contribution in [-0.2, 0) is 4.79 Å². The first-order chi connectivity index (χ1) is 11.1. The van der Waals surface area contributed by atoms with E-state index in [-0.39, 0.29) is 18.4 Å². The summed E-state index contributed by atoms with van der Waals surface area (Å²) in [6.07, 6.45) is 0. The smallest absolute Gasteiger partial charge is 0.259 e. The SMILES string of the molecule is CC(=NNC(=O)CNC(=O)c1ccccc1)c1ccc(Br)cc1. The van der Waals surface area contributed by atoms with Gasteiger partial charge in [-0.15, -0.1) is 0 Å². The highest BCUT2D eigenvalue weighted by molar-refractivity contribution is 9.10. The number of amides is 2. The predicted molar refractivity (Wildman–Crippen MR) is 93.3 cm³/mol. The van der Waals surface area contributed by atoms with Crippen LogP contribution in [0.2, 0.25) is 0 Å². The molecule has 0 aromatic heterocycles. The molecule has 2 aromatic rings. The lowest BCUT2D eigenvalue weighted by atomic mass is 10.1. The average Bonchev–Trinajstić information content (AvgIpc) is 2.59. The third-order valence-corrected chi connectivity index (χ3v) is 3.58. The number of hydrogen-bond acceptors (Lipinski definition) is 3. The van der Waals surface area contributed by atoms with Gasteiger partial charge in [0.05, 0.1) is 12.3 Å². The highest BCUT2D eigenvalue weighted by atomic mass is 79.9. The fourth-order valence-electron chi connectivity index (χ4n) is 1.79. The molecular formula is C17H16BrN3O2. The van der Waals surface area contributed by atoms with Crippen molar-refractivity contribution in [2.24, 2.45) is 5.10 Å². The van der Waals surface area contributed by atoms with Crippen LogP contribution in [0.3, 0.4) is 0 Å². The zero-order chi connectivity index (χ0) is 16.7. The van der Waals surface area contributed by atoms with Crippen LogP contribution < -0.4 is 10.7 Å². The van der Waals surface area contributed by atoms with Crippen LogP contribution in [0.15, 0.2) is 64.2 Å². The first kappa shape index (κ1) is 16.9. The average molecular weight is 374 g/mol. The van der Waals surface area contributed by atoms with Gasteiger partial charge >= 0.3 is 0 Å². The van der Waals surface area contributed by atoms with Crippen molar-refractivity contribution in [2.75, 3.05) is 6.54 Å². The van der Waals surface area contributed by atoms with E-state index in [4.69, 9.17) is 0 Å². The van der Waals surface area contributed by atoms with Gasteiger partial charge in [0.1, 0.15) is 0 Å². The number of rotatable bonds is 5. The maximum absolute atomic E-state index is 11.8. The second-order valence-electron chi connectivity index (χ2n) is 4.79. The minimum absolute atomic E-state index is 0.134. The first-order valence-corrected chi connectivity index (χ1v) is 7.78. The van der Waals surface area contributed by atoms with E-state index in [1.54, 1.807) is 31.2 Å². The Morgan fingerprint density at radius 2 is 1.65 bits per heavy atom. The van der Waals surface area contributed by atoms with Gasteiger partial charge in [0, 0.05) is 10.0 Å². The minimum atomic E-state index is -0.384. The summed E-state index contributed by atoms with van der Waals surface area (Å²) in [5, 5.41) is 6.57. The quantitative estimate of drug-likeness (QED) is 0.624. The number of hydrogen-bond donors (Lipinski definition) is 2. The Hall–Kier alpha value is -2.47. The fraction of sp³-hybridized carbons (Fsp3) is 0.118. The summed E-state index contributed by atoms with van der Waals surface area (Å²) in [6, 6.07) is 16.3. The maximum atomic E-state index is 11.8. The molecule has 6 heteroatoms. The number of carbonyl (C=O) groups excluding carboxylic acids is 2. The van der Waals surface area contributed by atoms with E-state index in [0.29, 0.717) is 11.3 Å². The molecule has 23 heavy (non-hydrogen) atoms. The molecule has 0 saturated heterocycles. The molecule has 0 saturated carbocycles. The normalized spacial score (nSPS) is 11.0. The van der Waals surface area contributed by atoms with Crippen LogP contribution in [0.1, 0.15) is 22.8 Å². The Labute approximate surface area is 142 Å². The van der Waals surface area contributed by atoms with Crippen molar-refractivity contribution in [3.05, 3.63) is 70.2 Å². The summed E-state index contributed by atoms with van der Waals surface area (Å²) in [6.45, 7) is 1.66. The number of halogens is 1. The summed E-state index contributed by atoms with van der Waals surface area (Å²) < 4.78 is 0.974. The number of hydrazone groups is 1. The number of carbonyl (C=O) groups is 2. The van der Waals surface area contributed by atoms with Crippen molar-refractivity contribution in [3.63, 3.8) is 0 Å². The lowest BCUT2D eigenvalue weighted by Gasteiger charge is -2.05. The zero-order valence-electron chi connectivity index (χ0n) is 12.5. The van der Waals surface area contributed by atoms with Crippen molar-refractivity contribution >= 4 is 33.5 Å². The van der Waals surface area contributed by atoms with Crippen LogP contribution in [0.5, 0.6) is 0 Å². The molecule has 0 aliphatic rings. The van der Waals surface area contributed by atoms with Crippen LogP contribution in [0.25, 0.3) is 0 Å². The molecule has 0 spiro atoms. The van der Waals surface area contributed by atoms with Gasteiger partial charge in [0.25, 0.3) is 11.8 Å². The highest BCUT2D eigenvalue weighted by Gasteiger charge is 2.07. The molecule has 2 aromatic carbocycles. The Morgan fingerprint density at radius 1 is 1.00 bits per heavy atom. The standard InChI is InChI=1S/C17H16BrN3O2/c1-12(13-7-9-15(18)10-8-13)20-21-16(22)11-19-17(23)14-5-3-2-4-6-14/h2-10H,11H2,1H3,(H,19,23)(H,21,22). The Morgan fingerprint density at radius 3 is 2.30 bits per heavy atom. The Kier molecular flexibility index (Phi) is 6.05. The van der Waals surface area contributed by atoms with E-state index in [1.165, 1.54) is 0 Å². The van der Waals surface area contributed by atoms with E-state index in [1.807, 2.05) is 30.3 Å². The monoisotopic (exact) mass is 373 g/mol. The summed E-state index contributed by atoms with van der Waals surface area (Å²) in [5.74, 6) is -0.680. The topological polar surface area (TPSA) is 70.6 Å². The second-order valence-corrected chi connectivity index (χ2v) is 5.70. The van der Waals surface area contributed by atoms with Gasteiger partial charge in [0.15, 0.2) is 0 Å². The summed E-state index contributed by atoms with van der Waals surface area (Å²) in [5.41, 5.74) is 4.52. The molecule has 2 rings (SSSR count). The molecular weight excluding hydrogens is 358 g/mol. The van der Waals surface area contributed by atoms with Gasteiger partial charge in [-0.3, -0.25) is 9.59 Å². The molecule has 0 heterocycles. The van der Waals surface area contributed by atoms with Crippen molar-refractivity contribution in [2.45, 2.75) is 6.92 Å². The van der Waals surface area contributed by atoms with E-state index < -0.39 is 0 Å².